The number of rotatable bonds is 2. The molecule has 2 heterocycles. The van der Waals surface area contributed by atoms with Gasteiger partial charge < -0.3 is 0 Å². The number of amides is 1. The van der Waals surface area contributed by atoms with Crippen molar-refractivity contribution in [3.05, 3.63) is 57.2 Å². The van der Waals surface area contributed by atoms with E-state index in [0.29, 0.717) is 26.6 Å². The zero-order valence-corrected chi connectivity index (χ0v) is 13.7. The molecular formula is C14H9Cl3N2OS. The van der Waals surface area contributed by atoms with Crippen molar-refractivity contribution >= 4 is 58.3 Å². The maximum atomic E-state index is 12.2. The lowest BCUT2D eigenvalue weighted by Crippen LogP contribution is -2.28. The van der Waals surface area contributed by atoms with E-state index < -0.39 is 0 Å². The third-order valence-electron chi connectivity index (χ3n) is 3.06. The lowest BCUT2D eigenvalue weighted by Gasteiger charge is -2.24. The van der Waals surface area contributed by atoms with Crippen LogP contribution in [0.15, 0.2) is 36.5 Å². The second-order valence-corrected chi connectivity index (χ2v) is 6.78. The molecule has 1 fully saturated rings. The third-order valence-corrected chi connectivity index (χ3v) is 5.04. The highest BCUT2D eigenvalue weighted by Gasteiger charge is 2.35. The van der Waals surface area contributed by atoms with Gasteiger partial charge in [0, 0.05) is 21.8 Å². The average molecular weight is 360 g/mol. The first kappa shape index (κ1) is 15.0. The van der Waals surface area contributed by atoms with Crippen LogP contribution >= 0.6 is 46.6 Å². The van der Waals surface area contributed by atoms with Gasteiger partial charge in [0.25, 0.3) is 0 Å². The first-order chi connectivity index (χ1) is 10.1. The first-order valence-corrected chi connectivity index (χ1v) is 8.24. The van der Waals surface area contributed by atoms with Crippen molar-refractivity contribution < 1.29 is 4.79 Å². The van der Waals surface area contributed by atoms with Gasteiger partial charge in [-0.2, -0.15) is 0 Å². The van der Waals surface area contributed by atoms with Crippen LogP contribution in [0, 0.1) is 0 Å². The predicted octanol–water partition coefficient (Wildman–Crippen LogP) is 4.82. The highest BCUT2D eigenvalue weighted by Crippen LogP contribution is 2.43. The highest BCUT2D eigenvalue weighted by atomic mass is 35.5. The number of benzene rings is 1. The maximum absolute atomic E-state index is 12.2. The van der Waals surface area contributed by atoms with Crippen molar-refractivity contribution in [1.29, 1.82) is 0 Å². The molecule has 21 heavy (non-hydrogen) atoms. The van der Waals surface area contributed by atoms with Gasteiger partial charge in [-0.1, -0.05) is 40.9 Å². The Labute approximate surface area is 141 Å². The molecule has 7 heteroatoms. The summed E-state index contributed by atoms with van der Waals surface area (Å²) in [7, 11) is 0. The molecule has 3 nitrogen and oxygen atoms in total. The number of hydrogen-bond donors (Lipinski definition) is 0. The van der Waals surface area contributed by atoms with Crippen LogP contribution in [0.4, 0.5) is 5.82 Å². The molecule has 0 aliphatic carbocycles. The molecule has 0 N–H and O–H groups in total. The summed E-state index contributed by atoms with van der Waals surface area (Å²) in [5, 5.41) is 1.41. The summed E-state index contributed by atoms with van der Waals surface area (Å²) in [6.45, 7) is 0. The monoisotopic (exact) mass is 358 g/mol. The van der Waals surface area contributed by atoms with E-state index in [4.69, 9.17) is 34.8 Å². The molecule has 1 unspecified atom stereocenters. The van der Waals surface area contributed by atoms with Crippen molar-refractivity contribution in [2.75, 3.05) is 10.7 Å². The van der Waals surface area contributed by atoms with E-state index in [2.05, 4.69) is 4.98 Å². The number of halogens is 3. The van der Waals surface area contributed by atoms with Crippen LogP contribution in [-0.2, 0) is 4.79 Å². The molecular weight excluding hydrogens is 351 g/mol. The average Bonchev–Trinajstić information content (AvgIpc) is 2.82. The highest BCUT2D eigenvalue weighted by molar-refractivity contribution is 8.00. The lowest BCUT2D eigenvalue weighted by molar-refractivity contribution is -0.115. The second-order valence-electron chi connectivity index (χ2n) is 4.43. The van der Waals surface area contributed by atoms with Crippen LogP contribution < -0.4 is 4.90 Å². The molecule has 1 aliphatic heterocycles. The van der Waals surface area contributed by atoms with Crippen molar-refractivity contribution in [2.24, 2.45) is 0 Å². The fourth-order valence-corrected chi connectivity index (χ4v) is 4.00. The molecule has 1 amide bonds. The van der Waals surface area contributed by atoms with Crippen molar-refractivity contribution in [1.82, 2.24) is 4.98 Å². The van der Waals surface area contributed by atoms with Crippen LogP contribution in [0.5, 0.6) is 0 Å². The fraction of sp³-hybridized carbons (Fsp3) is 0.143. The molecule has 1 saturated heterocycles. The predicted molar refractivity (Wildman–Crippen MR) is 88.4 cm³/mol. The number of carbonyl (C=O) groups is 1. The summed E-state index contributed by atoms with van der Waals surface area (Å²) in [4.78, 5) is 18.0. The van der Waals surface area contributed by atoms with E-state index in [0.717, 1.165) is 5.56 Å². The standard InChI is InChI=1S/C14H9Cl3N2OS/c15-8-1-3-10(11(17)5-8)14-19(13(20)7-21-14)12-4-2-9(16)6-18-12/h1-6,14H,7H2. The molecule has 0 spiro atoms. The molecule has 108 valence electrons. The number of pyridine rings is 1. The molecule has 1 aromatic heterocycles. The van der Waals surface area contributed by atoms with Gasteiger partial charge in [0.2, 0.25) is 5.91 Å². The van der Waals surface area contributed by atoms with Crippen LogP contribution in [0.1, 0.15) is 10.9 Å². The minimum atomic E-state index is -0.212. The summed E-state index contributed by atoms with van der Waals surface area (Å²) in [5.74, 6) is 0.935. The van der Waals surface area contributed by atoms with Gasteiger partial charge in [0.1, 0.15) is 11.2 Å². The van der Waals surface area contributed by atoms with Gasteiger partial charge in [-0.3, -0.25) is 9.69 Å². The summed E-state index contributed by atoms with van der Waals surface area (Å²) in [6.07, 6.45) is 1.52. The quantitative estimate of drug-likeness (QED) is 0.770. The van der Waals surface area contributed by atoms with E-state index in [1.54, 1.807) is 29.2 Å². The Bertz CT molecular complexity index is 693. The van der Waals surface area contributed by atoms with Crippen molar-refractivity contribution in [3.63, 3.8) is 0 Å². The minimum Gasteiger partial charge on any atom is -0.279 e. The Kier molecular flexibility index (Phi) is 4.31. The number of nitrogens with zero attached hydrogens (tertiary/aromatic N) is 2. The number of aromatic nitrogens is 1. The topological polar surface area (TPSA) is 33.2 Å². The molecule has 1 atom stereocenters. The number of carbonyl (C=O) groups excluding carboxylic acids is 1. The van der Waals surface area contributed by atoms with Crippen molar-refractivity contribution in [3.8, 4) is 0 Å². The summed E-state index contributed by atoms with van der Waals surface area (Å²) in [5.41, 5.74) is 0.841. The molecule has 0 bridgehead atoms. The Morgan fingerprint density at radius 1 is 1.14 bits per heavy atom. The molecule has 1 aromatic carbocycles. The van der Waals surface area contributed by atoms with Gasteiger partial charge in [-0.25, -0.2) is 4.98 Å². The van der Waals surface area contributed by atoms with E-state index in [-0.39, 0.29) is 11.3 Å². The summed E-state index contributed by atoms with van der Waals surface area (Å²) < 4.78 is 0. The molecule has 3 rings (SSSR count). The van der Waals surface area contributed by atoms with E-state index in [9.17, 15) is 4.79 Å². The normalized spacial score (nSPS) is 18.3. The van der Waals surface area contributed by atoms with Gasteiger partial charge in [-0.05, 0) is 24.3 Å². The van der Waals surface area contributed by atoms with E-state index in [1.165, 1.54) is 18.0 Å². The van der Waals surface area contributed by atoms with Crippen molar-refractivity contribution in [2.45, 2.75) is 5.37 Å². The van der Waals surface area contributed by atoms with E-state index in [1.807, 2.05) is 6.07 Å². The molecule has 0 saturated carbocycles. The van der Waals surface area contributed by atoms with Crippen LogP contribution in [0.2, 0.25) is 15.1 Å². The Hall–Kier alpha value is -0.940. The van der Waals surface area contributed by atoms with Gasteiger partial charge >= 0.3 is 0 Å². The fourth-order valence-electron chi connectivity index (χ4n) is 2.11. The summed E-state index contributed by atoms with van der Waals surface area (Å²) in [6, 6.07) is 8.71. The SMILES string of the molecule is O=C1CSC(c2ccc(Cl)cc2Cl)N1c1ccc(Cl)cn1. The summed E-state index contributed by atoms with van der Waals surface area (Å²) >= 11 is 19.5. The Balaban J connectivity index is 2.01. The van der Waals surface area contributed by atoms with Gasteiger partial charge in [-0.15, -0.1) is 11.8 Å². The minimum absolute atomic E-state index is 0.00848. The number of hydrogen-bond acceptors (Lipinski definition) is 3. The zero-order valence-electron chi connectivity index (χ0n) is 10.6. The van der Waals surface area contributed by atoms with Gasteiger partial charge in [0.05, 0.1) is 10.8 Å². The number of anilines is 1. The molecule has 2 aromatic rings. The largest absolute Gasteiger partial charge is 0.279 e. The van der Waals surface area contributed by atoms with Gasteiger partial charge in [0.15, 0.2) is 0 Å². The van der Waals surface area contributed by atoms with Crippen LogP contribution in [-0.4, -0.2) is 16.6 Å². The van der Waals surface area contributed by atoms with E-state index >= 15 is 0 Å². The first-order valence-electron chi connectivity index (χ1n) is 6.06. The second kappa shape index (κ2) is 6.05. The maximum Gasteiger partial charge on any atom is 0.239 e. The Morgan fingerprint density at radius 2 is 1.90 bits per heavy atom. The van der Waals surface area contributed by atoms with Crippen LogP contribution in [0.25, 0.3) is 0 Å². The third kappa shape index (κ3) is 2.99. The van der Waals surface area contributed by atoms with Crippen LogP contribution in [0.3, 0.4) is 0 Å². The molecule has 0 radical (unpaired) electrons. The lowest BCUT2D eigenvalue weighted by atomic mass is 10.2. The Morgan fingerprint density at radius 3 is 2.57 bits per heavy atom. The molecule has 1 aliphatic rings. The zero-order chi connectivity index (χ0) is 15.0. The number of thioether (sulfide) groups is 1. The smallest absolute Gasteiger partial charge is 0.239 e.